The van der Waals surface area contributed by atoms with Crippen molar-refractivity contribution in [2.45, 2.75) is 39.8 Å². The van der Waals surface area contributed by atoms with Crippen LogP contribution in [-0.2, 0) is 11.3 Å². The van der Waals surface area contributed by atoms with Crippen molar-refractivity contribution >= 4 is 0 Å². The SMILES string of the molecule is CCCOCC(N)c1noc(-c2cc(C)nn2CC)n1. The molecular formula is C13H21N5O2. The molecule has 7 heteroatoms. The van der Waals surface area contributed by atoms with E-state index in [4.69, 9.17) is 15.0 Å². The predicted molar refractivity (Wildman–Crippen MR) is 74.0 cm³/mol. The molecule has 0 aliphatic carbocycles. The molecule has 2 heterocycles. The Bertz CT molecular complexity index is 549. The van der Waals surface area contributed by atoms with Gasteiger partial charge >= 0.3 is 0 Å². The fraction of sp³-hybridized carbons (Fsp3) is 0.615. The molecule has 0 aliphatic rings. The lowest BCUT2D eigenvalue weighted by Crippen LogP contribution is -2.18. The van der Waals surface area contributed by atoms with Crippen LogP contribution in [0.15, 0.2) is 10.6 Å². The highest BCUT2D eigenvalue weighted by Crippen LogP contribution is 2.20. The smallest absolute Gasteiger partial charge is 0.276 e. The van der Waals surface area contributed by atoms with Crippen molar-refractivity contribution in [3.8, 4) is 11.6 Å². The van der Waals surface area contributed by atoms with Gasteiger partial charge in [0.05, 0.1) is 18.3 Å². The molecule has 1 unspecified atom stereocenters. The van der Waals surface area contributed by atoms with Crippen LogP contribution >= 0.6 is 0 Å². The third-order valence-corrected chi connectivity index (χ3v) is 2.84. The molecule has 2 aromatic rings. The van der Waals surface area contributed by atoms with Crippen LogP contribution in [0.25, 0.3) is 11.6 Å². The summed E-state index contributed by atoms with van der Waals surface area (Å²) in [4.78, 5) is 4.34. The monoisotopic (exact) mass is 279 g/mol. The van der Waals surface area contributed by atoms with Gasteiger partial charge in [-0.05, 0) is 26.3 Å². The molecule has 0 saturated heterocycles. The van der Waals surface area contributed by atoms with Crippen molar-refractivity contribution < 1.29 is 9.26 Å². The average molecular weight is 279 g/mol. The van der Waals surface area contributed by atoms with Crippen LogP contribution in [0.1, 0.15) is 37.8 Å². The van der Waals surface area contributed by atoms with Gasteiger partial charge in [-0.25, -0.2) is 0 Å². The Hall–Kier alpha value is -1.73. The van der Waals surface area contributed by atoms with Crippen LogP contribution in [0.3, 0.4) is 0 Å². The number of hydrogen-bond acceptors (Lipinski definition) is 6. The third-order valence-electron chi connectivity index (χ3n) is 2.84. The lowest BCUT2D eigenvalue weighted by molar-refractivity contribution is 0.119. The lowest BCUT2D eigenvalue weighted by Gasteiger charge is -2.06. The molecule has 0 aromatic carbocycles. The van der Waals surface area contributed by atoms with Crippen molar-refractivity contribution in [2.24, 2.45) is 5.73 Å². The molecule has 0 bridgehead atoms. The first-order valence-corrected chi connectivity index (χ1v) is 6.87. The number of nitrogens with two attached hydrogens (primary N) is 1. The van der Waals surface area contributed by atoms with Crippen molar-refractivity contribution in [3.63, 3.8) is 0 Å². The minimum Gasteiger partial charge on any atom is -0.379 e. The molecular weight excluding hydrogens is 258 g/mol. The van der Waals surface area contributed by atoms with Crippen molar-refractivity contribution in [3.05, 3.63) is 17.6 Å². The van der Waals surface area contributed by atoms with Crippen LogP contribution in [0.2, 0.25) is 0 Å². The molecule has 1 atom stereocenters. The first-order valence-electron chi connectivity index (χ1n) is 6.87. The lowest BCUT2D eigenvalue weighted by atomic mass is 10.3. The zero-order chi connectivity index (χ0) is 14.5. The Labute approximate surface area is 118 Å². The van der Waals surface area contributed by atoms with E-state index >= 15 is 0 Å². The minimum atomic E-state index is -0.377. The van der Waals surface area contributed by atoms with E-state index in [0.29, 0.717) is 24.9 Å². The van der Waals surface area contributed by atoms with Gasteiger partial charge in [0.15, 0.2) is 5.82 Å². The molecule has 110 valence electrons. The van der Waals surface area contributed by atoms with Crippen molar-refractivity contribution in [2.75, 3.05) is 13.2 Å². The molecule has 0 amide bonds. The first kappa shape index (κ1) is 14.7. The van der Waals surface area contributed by atoms with E-state index in [1.807, 2.05) is 31.5 Å². The Kier molecular flexibility index (Phi) is 4.86. The highest BCUT2D eigenvalue weighted by molar-refractivity contribution is 5.47. The van der Waals surface area contributed by atoms with Gasteiger partial charge in [-0.15, -0.1) is 0 Å². The highest BCUT2D eigenvalue weighted by Gasteiger charge is 2.18. The molecule has 0 radical (unpaired) electrons. The van der Waals surface area contributed by atoms with E-state index in [9.17, 15) is 0 Å². The summed E-state index contributed by atoms with van der Waals surface area (Å²) < 4.78 is 12.5. The van der Waals surface area contributed by atoms with Crippen LogP contribution in [0.5, 0.6) is 0 Å². The normalized spacial score (nSPS) is 12.8. The Morgan fingerprint density at radius 2 is 2.25 bits per heavy atom. The summed E-state index contributed by atoms with van der Waals surface area (Å²) in [5.41, 5.74) is 7.70. The van der Waals surface area contributed by atoms with Crippen LogP contribution in [0, 0.1) is 6.92 Å². The molecule has 7 nitrogen and oxygen atoms in total. The summed E-state index contributed by atoms with van der Waals surface area (Å²) in [6.07, 6.45) is 0.958. The standard InChI is InChI=1S/C13H21N5O2/c1-4-6-19-8-10(14)12-15-13(20-17-12)11-7-9(3)16-18(11)5-2/h7,10H,4-6,8,14H2,1-3H3. The molecule has 2 aromatic heterocycles. The Morgan fingerprint density at radius 1 is 1.45 bits per heavy atom. The summed E-state index contributed by atoms with van der Waals surface area (Å²) in [6, 6.07) is 1.54. The minimum absolute atomic E-state index is 0.377. The topological polar surface area (TPSA) is 92.0 Å². The number of nitrogens with zero attached hydrogens (tertiary/aromatic N) is 4. The van der Waals surface area contributed by atoms with Crippen molar-refractivity contribution in [1.82, 2.24) is 19.9 Å². The zero-order valence-electron chi connectivity index (χ0n) is 12.2. The zero-order valence-corrected chi connectivity index (χ0v) is 12.2. The van der Waals surface area contributed by atoms with E-state index in [0.717, 1.165) is 24.4 Å². The highest BCUT2D eigenvalue weighted by atomic mass is 16.5. The van der Waals surface area contributed by atoms with Gasteiger partial charge in [-0.2, -0.15) is 10.1 Å². The molecule has 20 heavy (non-hydrogen) atoms. The maximum atomic E-state index is 5.97. The van der Waals surface area contributed by atoms with Gasteiger partial charge < -0.3 is 15.0 Å². The quantitative estimate of drug-likeness (QED) is 0.775. The van der Waals surface area contributed by atoms with Gasteiger partial charge in [-0.3, -0.25) is 4.68 Å². The summed E-state index contributed by atoms with van der Waals surface area (Å²) in [5.74, 6) is 0.894. The molecule has 0 fully saturated rings. The molecule has 0 aliphatic heterocycles. The van der Waals surface area contributed by atoms with Gasteiger partial charge in [0.2, 0.25) is 0 Å². The number of rotatable bonds is 7. The van der Waals surface area contributed by atoms with Gasteiger partial charge in [0.1, 0.15) is 5.69 Å². The largest absolute Gasteiger partial charge is 0.379 e. The average Bonchev–Trinajstić information content (AvgIpc) is 3.04. The predicted octanol–water partition coefficient (Wildman–Crippen LogP) is 1.69. The number of ether oxygens (including phenoxy) is 1. The Morgan fingerprint density at radius 3 is 2.95 bits per heavy atom. The molecule has 0 spiro atoms. The van der Waals surface area contributed by atoms with Crippen molar-refractivity contribution in [1.29, 1.82) is 0 Å². The van der Waals surface area contributed by atoms with Gasteiger partial charge in [0.25, 0.3) is 5.89 Å². The fourth-order valence-corrected chi connectivity index (χ4v) is 1.88. The summed E-state index contributed by atoms with van der Waals surface area (Å²) in [6.45, 7) is 7.80. The van der Waals surface area contributed by atoms with E-state index in [1.54, 1.807) is 0 Å². The van der Waals surface area contributed by atoms with Crippen LogP contribution in [-0.4, -0.2) is 33.1 Å². The number of hydrogen-bond donors (Lipinski definition) is 1. The van der Waals surface area contributed by atoms with E-state index in [-0.39, 0.29) is 6.04 Å². The van der Waals surface area contributed by atoms with Gasteiger partial charge in [0, 0.05) is 13.2 Å². The summed E-state index contributed by atoms with van der Waals surface area (Å²) in [5, 5.41) is 8.28. The number of aryl methyl sites for hydroxylation is 2. The first-order chi connectivity index (χ1) is 9.65. The number of aromatic nitrogens is 4. The second-order valence-electron chi connectivity index (χ2n) is 4.63. The van der Waals surface area contributed by atoms with Gasteiger partial charge in [-0.1, -0.05) is 12.1 Å². The summed E-state index contributed by atoms with van der Waals surface area (Å²) >= 11 is 0. The van der Waals surface area contributed by atoms with E-state index < -0.39 is 0 Å². The van der Waals surface area contributed by atoms with Crippen LogP contribution in [0.4, 0.5) is 0 Å². The molecule has 0 saturated carbocycles. The molecule has 2 rings (SSSR count). The molecule has 2 N–H and O–H groups in total. The van der Waals surface area contributed by atoms with E-state index in [2.05, 4.69) is 15.2 Å². The maximum absolute atomic E-state index is 5.97. The van der Waals surface area contributed by atoms with E-state index in [1.165, 1.54) is 0 Å². The van der Waals surface area contributed by atoms with Crippen LogP contribution < -0.4 is 5.73 Å². The summed E-state index contributed by atoms with van der Waals surface area (Å²) in [7, 11) is 0. The Balaban J connectivity index is 2.11. The maximum Gasteiger partial charge on any atom is 0.276 e. The fourth-order valence-electron chi connectivity index (χ4n) is 1.88. The second kappa shape index (κ2) is 6.62. The third kappa shape index (κ3) is 3.23. The second-order valence-corrected chi connectivity index (χ2v) is 4.63.